The summed E-state index contributed by atoms with van der Waals surface area (Å²) in [5, 5.41) is 3.47. The molecule has 1 heterocycles. The summed E-state index contributed by atoms with van der Waals surface area (Å²) < 4.78 is 11.0. The van der Waals surface area contributed by atoms with Crippen LogP contribution in [0.15, 0.2) is 24.3 Å². The topological polar surface area (TPSA) is 33.7 Å². The van der Waals surface area contributed by atoms with Crippen LogP contribution in [-0.4, -0.2) is 51.8 Å². The number of nitrogens with one attached hydrogen (secondary N) is 1. The van der Waals surface area contributed by atoms with Crippen LogP contribution in [0.4, 0.5) is 0 Å². The van der Waals surface area contributed by atoms with Crippen molar-refractivity contribution in [2.75, 3.05) is 46.9 Å². The molecule has 2 rings (SSSR count). The fourth-order valence-corrected chi connectivity index (χ4v) is 2.75. The van der Waals surface area contributed by atoms with Gasteiger partial charge in [0, 0.05) is 6.54 Å². The van der Waals surface area contributed by atoms with Crippen molar-refractivity contribution in [2.45, 2.75) is 19.3 Å². The summed E-state index contributed by atoms with van der Waals surface area (Å²) in [5.74, 6) is 2.50. The molecule has 0 aliphatic carbocycles. The predicted octanol–water partition coefficient (Wildman–Crippen LogP) is 2.40. The first-order valence-corrected chi connectivity index (χ1v) is 7.94. The van der Waals surface area contributed by atoms with E-state index in [4.69, 9.17) is 9.47 Å². The Morgan fingerprint density at radius 3 is 2.57 bits per heavy atom. The minimum atomic E-state index is 0.674. The van der Waals surface area contributed by atoms with Gasteiger partial charge in [0.2, 0.25) is 0 Å². The summed E-state index contributed by atoms with van der Waals surface area (Å²) >= 11 is 0. The molecule has 1 aliphatic rings. The highest BCUT2D eigenvalue weighted by Crippen LogP contribution is 2.25. The Kier molecular flexibility index (Phi) is 6.83. The second-order valence-electron chi connectivity index (χ2n) is 5.78. The minimum Gasteiger partial charge on any atom is -0.493 e. The van der Waals surface area contributed by atoms with Crippen molar-refractivity contribution in [3.63, 3.8) is 0 Å². The van der Waals surface area contributed by atoms with E-state index < -0.39 is 0 Å². The molecule has 0 amide bonds. The van der Waals surface area contributed by atoms with Gasteiger partial charge >= 0.3 is 0 Å². The highest BCUT2D eigenvalue weighted by Gasteiger charge is 2.15. The lowest BCUT2D eigenvalue weighted by Gasteiger charge is -2.28. The average Bonchev–Trinajstić information content (AvgIpc) is 2.53. The number of piperidine rings is 1. The number of hydrogen-bond donors (Lipinski definition) is 1. The van der Waals surface area contributed by atoms with Crippen LogP contribution in [0.2, 0.25) is 0 Å². The van der Waals surface area contributed by atoms with E-state index in [2.05, 4.69) is 17.3 Å². The van der Waals surface area contributed by atoms with Crippen LogP contribution in [0, 0.1) is 5.92 Å². The number of hydrogen-bond acceptors (Lipinski definition) is 4. The first-order valence-electron chi connectivity index (χ1n) is 7.94. The van der Waals surface area contributed by atoms with E-state index in [0.717, 1.165) is 30.5 Å². The smallest absolute Gasteiger partial charge is 0.161 e. The van der Waals surface area contributed by atoms with Gasteiger partial charge in [0.1, 0.15) is 6.61 Å². The predicted molar refractivity (Wildman–Crippen MR) is 86.2 cm³/mol. The largest absolute Gasteiger partial charge is 0.493 e. The van der Waals surface area contributed by atoms with Crippen LogP contribution in [0.1, 0.15) is 19.3 Å². The molecule has 118 valence electrons. The molecule has 0 atom stereocenters. The summed E-state index contributed by atoms with van der Waals surface area (Å²) in [6.45, 7) is 5.14. The Balaban J connectivity index is 1.54. The number of methoxy groups -OCH3 is 1. The molecule has 1 fully saturated rings. The third-order valence-electron chi connectivity index (χ3n) is 4.17. The van der Waals surface area contributed by atoms with Crippen molar-refractivity contribution in [3.8, 4) is 11.5 Å². The fraction of sp³-hybridized carbons (Fsp3) is 0.647. The summed E-state index contributed by atoms with van der Waals surface area (Å²) in [4.78, 5) is 2.42. The summed E-state index contributed by atoms with van der Waals surface area (Å²) in [7, 11) is 3.88. The Morgan fingerprint density at radius 2 is 1.86 bits per heavy atom. The first kappa shape index (κ1) is 16.1. The van der Waals surface area contributed by atoms with Crippen LogP contribution in [0.5, 0.6) is 11.5 Å². The highest BCUT2D eigenvalue weighted by atomic mass is 16.5. The van der Waals surface area contributed by atoms with Gasteiger partial charge in [-0.15, -0.1) is 0 Å². The molecule has 4 heteroatoms. The number of rotatable bonds is 8. The van der Waals surface area contributed by atoms with Crippen molar-refractivity contribution < 1.29 is 9.47 Å². The van der Waals surface area contributed by atoms with Gasteiger partial charge in [-0.1, -0.05) is 12.1 Å². The fourth-order valence-electron chi connectivity index (χ4n) is 2.75. The number of nitrogens with zero attached hydrogens (tertiary/aromatic N) is 1. The van der Waals surface area contributed by atoms with Crippen LogP contribution in [0.3, 0.4) is 0 Å². The van der Waals surface area contributed by atoms with Crippen molar-refractivity contribution >= 4 is 0 Å². The summed E-state index contributed by atoms with van der Waals surface area (Å²) in [5.41, 5.74) is 0. The Morgan fingerprint density at radius 1 is 1.14 bits per heavy atom. The zero-order chi connectivity index (χ0) is 14.9. The molecule has 0 spiro atoms. The lowest BCUT2D eigenvalue weighted by atomic mass is 9.94. The van der Waals surface area contributed by atoms with E-state index in [9.17, 15) is 0 Å². The quantitative estimate of drug-likeness (QED) is 0.746. The molecule has 1 aliphatic heterocycles. The monoisotopic (exact) mass is 292 g/mol. The normalized spacial score (nSPS) is 16.9. The Labute approximate surface area is 128 Å². The van der Waals surface area contributed by atoms with Crippen LogP contribution < -0.4 is 14.8 Å². The molecular formula is C17H28N2O2. The van der Waals surface area contributed by atoms with E-state index in [1.807, 2.05) is 24.3 Å². The second kappa shape index (κ2) is 8.90. The molecule has 1 aromatic carbocycles. The molecule has 1 saturated heterocycles. The Hall–Kier alpha value is -1.26. The maximum atomic E-state index is 5.74. The van der Waals surface area contributed by atoms with Gasteiger partial charge in [-0.25, -0.2) is 0 Å². The number of benzene rings is 1. The molecule has 4 nitrogen and oxygen atoms in total. The second-order valence-corrected chi connectivity index (χ2v) is 5.78. The van der Waals surface area contributed by atoms with E-state index in [1.54, 1.807) is 7.11 Å². The van der Waals surface area contributed by atoms with Crippen LogP contribution in [0.25, 0.3) is 0 Å². The van der Waals surface area contributed by atoms with Crippen LogP contribution >= 0.6 is 0 Å². The summed E-state index contributed by atoms with van der Waals surface area (Å²) in [6.07, 6.45) is 3.97. The van der Waals surface area contributed by atoms with Gasteiger partial charge in [-0.3, -0.25) is 0 Å². The molecule has 0 unspecified atom stereocenters. The van der Waals surface area contributed by atoms with E-state index in [1.165, 1.54) is 32.4 Å². The third-order valence-corrected chi connectivity index (χ3v) is 4.17. The average molecular weight is 292 g/mol. The molecular weight excluding hydrogens is 264 g/mol. The molecule has 0 aromatic heterocycles. The van der Waals surface area contributed by atoms with Gasteiger partial charge in [0.15, 0.2) is 11.5 Å². The van der Waals surface area contributed by atoms with Gasteiger partial charge < -0.3 is 19.7 Å². The SMILES string of the molecule is COc1ccccc1OCCNCCC1CCN(C)CC1. The zero-order valence-corrected chi connectivity index (χ0v) is 13.3. The van der Waals surface area contributed by atoms with Gasteiger partial charge in [-0.05, 0) is 64.0 Å². The lowest BCUT2D eigenvalue weighted by molar-refractivity contribution is 0.210. The van der Waals surface area contributed by atoms with Crippen molar-refractivity contribution in [3.05, 3.63) is 24.3 Å². The third kappa shape index (κ3) is 5.56. The molecule has 1 aromatic rings. The molecule has 1 N–H and O–H groups in total. The lowest BCUT2D eigenvalue weighted by Crippen LogP contribution is -2.32. The van der Waals surface area contributed by atoms with Gasteiger partial charge in [0.25, 0.3) is 0 Å². The van der Waals surface area contributed by atoms with Crippen molar-refractivity contribution in [1.29, 1.82) is 0 Å². The number of para-hydroxylation sites is 2. The number of likely N-dealkylation sites (tertiary alicyclic amines) is 1. The van der Waals surface area contributed by atoms with Crippen molar-refractivity contribution in [2.24, 2.45) is 5.92 Å². The molecule has 0 bridgehead atoms. The standard InChI is InChI=1S/C17H28N2O2/c1-19-12-8-15(9-13-19)7-10-18-11-14-21-17-6-4-3-5-16(17)20-2/h3-6,15,18H,7-14H2,1-2H3. The van der Waals surface area contributed by atoms with E-state index >= 15 is 0 Å². The number of ether oxygens (including phenoxy) is 2. The first-order chi connectivity index (χ1) is 10.3. The van der Waals surface area contributed by atoms with Crippen LogP contribution in [-0.2, 0) is 0 Å². The van der Waals surface area contributed by atoms with E-state index in [0.29, 0.717) is 6.61 Å². The van der Waals surface area contributed by atoms with Gasteiger partial charge in [-0.2, -0.15) is 0 Å². The van der Waals surface area contributed by atoms with Crippen molar-refractivity contribution in [1.82, 2.24) is 10.2 Å². The summed E-state index contributed by atoms with van der Waals surface area (Å²) in [6, 6.07) is 7.77. The molecule has 0 saturated carbocycles. The maximum absolute atomic E-state index is 5.74. The van der Waals surface area contributed by atoms with E-state index in [-0.39, 0.29) is 0 Å². The molecule has 21 heavy (non-hydrogen) atoms. The molecule has 0 radical (unpaired) electrons. The maximum Gasteiger partial charge on any atom is 0.161 e. The Bertz CT molecular complexity index is 404. The minimum absolute atomic E-state index is 0.674. The highest BCUT2D eigenvalue weighted by molar-refractivity contribution is 5.39. The zero-order valence-electron chi connectivity index (χ0n) is 13.3. The van der Waals surface area contributed by atoms with Gasteiger partial charge in [0.05, 0.1) is 7.11 Å².